The van der Waals surface area contributed by atoms with Crippen LogP contribution in [0.5, 0.6) is 5.75 Å². The minimum Gasteiger partial charge on any atom is -0.497 e. The molecule has 8 nitrogen and oxygen atoms in total. The van der Waals surface area contributed by atoms with E-state index in [2.05, 4.69) is 4.98 Å². The van der Waals surface area contributed by atoms with Gasteiger partial charge in [0.1, 0.15) is 23.5 Å². The number of ether oxygens (including phenoxy) is 1. The van der Waals surface area contributed by atoms with E-state index in [0.29, 0.717) is 11.4 Å². The van der Waals surface area contributed by atoms with Crippen molar-refractivity contribution in [3.8, 4) is 5.75 Å². The molecule has 0 saturated carbocycles. The zero-order valence-electron chi connectivity index (χ0n) is 17.0. The molecule has 0 bridgehead atoms. The number of methoxy groups -OCH3 is 1. The Balaban J connectivity index is 1.63. The highest BCUT2D eigenvalue weighted by Gasteiger charge is 2.41. The molecule has 1 aromatic carbocycles. The fourth-order valence-corrected chi connectivity index (χ4v) is 3.88. The van der Waals surface area contributed by atoms with Crippen LogP contribution in [0.25, 0.3) is 5.65 Å². The van der Waals surface area contributed by atoms with Crippen molar-refractivity contribution in [3.05, 3.63) is 70.8 Å². The lowest BCUT2D eigenvalue weighted by Crippen LogP contribution is -2.63. The summed E-state index contributed by atoms with van der Waals surface area (Å²) in [6, 6.07) is 12.4. The van der Waals surface area contributed by atoms with Crippen molar-refractivity contribution in [2.45, 2.75) is 19.4 Å². The number of carbonyl (C=O) groups excluding carboxylic acids is 2. The zero-order valence-corrected chi connectivity index (χ0v) is 17.0. The molecule has 0 radical (unpaired) electrons. The number of amides is 2. The van der Waals surface area contributed by atoms with E-state index in [-0.39, 0.29) is 24.6 Å². The van der Waals surface area contributed by atoms with Gasteiger partial charge in [-0.05, 0) is 50.2 Å². The number of hydrogen-bond acceptors (Lipinski definition) is 5. The molecule has 2 aromatic heterocycles. The summed E-state index contributed by atoms with van der Waals surface area (Å²) in [5.41, 5.74) is 0.0128. The summed E-state index contributed by atoms with van der Waals surface area (Å²) < 4.78 is 6.51. The van der Waals surface area contributed by atoms with Crippen molar-refractivity contribution in [3.63, 3.8) is 0 Å². The van der Waals surface area contributed by atoms with Gasteiger partial charge in [-0.1, -0.05) is 6.07 Å². The van der Waals surface area contributed by atoms with Crippen LogP contribution in [0.15, 0.2) is 59.7 Å². The van der Waals surface area contributed by atoms with E-state index in [1.165, 1.54) is 15.5 Å². The monoisotopic (exact) mass is 406 g/mol. The van der Waals surface area contributed by atoms with E-state index >= 15 is 0 Å². The van der Waals surface area contributed by atoms with Gasteiger partial charge in [0.05, 0.1) is 12.6 Å². The molecule has 0 unspecified atom stereocenters. The van der Waals surface area contributed by atoms with E-state index < -0.39 is 17.0 Å². The number of anilines is 1. The molecular weight excluding hydrogens is 384 g/mol. The molecule has 1 aliphatic rings. The number of rotatable bonds is 3. The summed E-state index contributed by atoms with van der Waals surface area (Å²) in [7, 11) is 1.58. The van der Waals surface area contributed by atoms with Gasteiger partial charge in [0.25, 0.3) is 11.5 Å². The first-order chi connectivity index (χ1) is 14.3. The molecule has 0 spiro atoms. The summed E-state index contributed by atoms with van der Waals surface area (Å²) in [6.07, 6.45) is 2.85. The van der Waals surface area contributed by atoms with Crippen LogP contribution in [-0.4, -0.2) is 51.8 Å². The Labute approximate surface area is 173 Å². The van der Waals surface area contributed by atoms with E-state index in [0.717, 1.165) is 5.69 Å². The van der Waals surface area contributed by atoms with Crippen LogP contribution < -0.4 is 15.2 Å². The molecule has 154 valence electrons. The smallest absolute Gasteiger partial charge is 0.270 e. The van der Waals surface area contributed by atoms with Crippen LogP contribution in [0.2, 0.25) is 0 Å². The Bertz CT molecular complexity index is 1180. The van der Waals surface area contributed by atoms with Crippen LogP contribution in [-0.2, 0) is 4.79 Å². The molecule has 1 fully saturated rings. The lowest BCUT2D eigenvalue weighted by molar-refractivity contribution is -0.122. The van der Waals surface area contributed by atoms with Crippen molar-refractivity contribution in [2.75, 3.05) is 25.1 Å². The third-order valence-electron chi connectivity index (χ3n) is 5.22. The Hall–Kier alpha value is -3.68. The number of benzene rings is 1. The van der Waals surface area contributed by atoms with Gasteiger partial charge in [-0.2, -0.15) is 0 Å². The number of hydrogen-bond donors (Lipinski definition) is 0. The molecule has 1 aliphatic heterocycles. The Morgan fingerprint density at radius 3 is 2.50 bits per heavy atom. The van der Waals surface area contributed by atoms with Crippen LogP contribution in [0, 0.1) is 0 Å². The molecule has 0 aliphatic carbocycles. The van der Waals surface area contributed by atoms with E-state index in [1.807, 2.05) is 26.0 Å². The van der Waals surface area contributed by atoms with Crippen molar-refractivity contribution in [1.82, 2.24) is 14.3 Å². The summed E-state index contributed by atoms with van der Waals surface area (Å²) >= 11 is 0. The maximum Gasteiger partial charge on any atom is 0.270 e. The third kappa shape index (κ3) is 3.30. The van der Waals surface area contributed by atoms with Gasteiger partial charge < -0.3 is 14.5 Å². The second-order valence-corrected chi connectivity index (χ2v) is 7.81. The lowest BCUT2D eigenvalue weighted by atomic mass is 9.96. The standard InChI is InChI=1S/C22H22N4O4/c1-22(2)14-24(13-19(27)26(22)15-7-9-16(30-3)10-8-15)20(28)17-12-23-18-6-4-5-11-25(18)21(17)29/h4-12H,13-14H2,1-3H3. The van der Waals surface area contributed by atoms with Gasteiger partial charge in [0.2, 0.25) is 5.91 Å². The molecule has 4 rings (SSSR count). The molecule has 0 N–H and O–H groups in total. The molecule has 8 heteroatoms. The fourth-order valence-electron chi connectivity index (χ4n) is 3.88. The zero-order chi connectivity index (χ0) is 21.5. The van der Waals surface area contributed by atoms with Gasteiger partial charge in [-0.3, -0.25) is 18.8 Å². The first kappa shape index (κ1) is 19.6. The number of aromatic nitrogens is 2. The Kier molecular flexibility index (Phi) is 4.77. The van der Waals surface area contributed by atoms with Gasteiger partial charge in [0, 0.05) is 24.6 Å². The molecule has 0 atom stereocenters. The highest BCUT2D eigenvalue weighted by Crippen LogP contribution is 2.30. The topological polar surface area (TPSA) is 84.2 Å². The first-order valence-corrected chi connectivity index (χ1v) is 9.54. The van der Waals surface area contributed by atoms with Crippen LogP contribution in [0.4, 0.5) is 5.69 Å². The third-order valence-corrected chi connectivity index (χ3v) is 5.22. The highest BCUT2D eigenvalue weighted by molar-refractivity contribution is 6.02. The maximum absolute atomic E-state index is 13.1. The average molecular weight is 406 g/mol. The molecule has 30 heavy (non-hydrogen) atoms. The largest absolute Gasteiger partial charge is 0.497 e. The minimum absolute atomic E-state index is 0.0554. The van der Waals surface area contributed by atoms with Crippen molar-refractivity contribution >= 4 is 23.1 Å². The summed E-state index contributed by atoms with van der Waals surface area (Å²) in [6.45, 7) is 3.94. The summed E-state index contributed by atoms with van der Waals surface area (Å²) in [5.74, 6) is -0.0257. The molecule has 1 saturated heterocycles. The predicted octanol–water partition coefficient (Wildman–Crippen LogP) is 1.97. The Morgan fingerprint density at radius 2 is 1.83 bits per heavy atom. The quantitative estimate of drug-likeness (QED) is 0.664. The normalized spacial score (nSPS) is 16.0. The fraction of sp³-hybridized carbons (Fsp3) is 0.273. The van der Waals surface area contributed by atoms with Crippen molar-refractivity contribution in [1.29, 1.82) is 0 Å². The second kappa shape index (κ2) is 7.29. The predicted molar refractivity (Wildman–Crippen MR) is 112 cm³/mol. The van der Waals surface area contributed by atoms with Gasteiger partial charge in [-0.25, -0.2) is 4.98 Å². The average Bonchev–Trinajstić information content (AvgIpc) is 2.73. The molecule has 3 aromatic rings. The molecular formula is C22H22N4O4. The first-order valence-electron chi connectivity index (χ1n) is 9.54. The van der Waals surface area contributed by atoms with Crippen LogP contribution in [0.3, 0.4) is 0 Å². The second-order valence-electron chi connectivity index (χ2n) is 7.81. The number of carbonyl (C=O) groups is 2. The number of pyridine rings is 1. The summed E-state index contributed by atoms with van der Waals surface area (Å²) in [5, 5.41) is 0. The van der Waals surface area contributed by atoms with Gasteiger partial charge >= 0.3 is 0 Å². The SMILES string of the molecule is COc1ccc(N2C(=O)CN(C(=O)c3cnc4ccccn4c3=O)CC2(C)C)cc1. The minimum atomic E-state index is -0.667. The van der Waals surface area contributed by atoms with Gasteiger partial charge in [-0.15, -0.1) is 0 Å². The van der Waals surface area contributed by atoms with E-state index in [4.69, 9.17) is 4.74 Å². The van der Waals surface area contributed by atoms with Gasteiger partial charge in [0.15, 0.2) is 0 Å². The lowest BCUT2D eigenvalue weighted by Gasteiger charge is -2.46. The molecule has 3 heterocycles. The van der Waals surface area contributed by atoms with E-state index in [1.54, 1.807) is 48.5 Å². The molecule has 2 amide bonds. The number of piperazine rings is 1. The highest BCUT2D eigenvalue weighted by atomic mass is 16.5. The number of fused-ring (bicyclic) bond motifs is 1. The van der Waals surface area contributed by atoms with Crippen molar-refractivity contribution < 1.29 is 14.3 Å². The van der Waals surface area contributed by atoms with Crippen LogP contribution >= 0.6 is 0 Å². The Morgan fingerprint density at radius 1 is 1.10 bits per heavy atom. The summed E-state index contributed by atoms with van der Waals surface area (Å²) in [4.78, 5) is 46.2. The van der Waals surface area contributed by atoms with E-state index in [9.17, 15) is 14.4 Å². The maximum atomic E-state index is 13.1. The van der Waals surface area contributed by atoms with Crippen LogP contribution in [0.1, 0.15) is 24.2 Å². The number of nitrogens with zero attached hydrogens (tertiary/aromatic N) is 4. The van der Waals surface area contributed by atoms with Crippen molar-refractivity contribution in [2.24, 2.45) is 0 Å².